The van der Waals surface area contributed by atoms with Gasteiger partial charge in [0.25, 0.3) is 0 Å². The van der Waals surface area contributed by atoms with Crippen LogP contribution in [0, 0.1) is 6.92 Å². The lowest BCUT2D eigenvalue weighted by Gasteiger charge is -1.97. The molecule has 0 bridgehead atoms. The molecule has 16 heavy (non-hydrogen) atoms. The summed E-state index contributed by atoms with van der Waals surface area (Å²) in [5.41, 5.74) is 2.65. The smallest absolute Gasteiger partial charge is 0.352 e. The van der Waals surface area contributed by atoms with Crippen LogP contribution in [0.5, 0.6) is 0 Å². The zero-order chi connectivity index (χ0) is 11.7. The van der Waals surface area contributed by atoms with E-state index < -0.39 is 5.97 Å². The first-order valence-electron chi connectivity index (χ1n) is 4.77. The SMILES string of the molecule is Cc1cc(-c2ccc(Cl)cc2)[nH]c1C(=O)O. The summed E-state index contributed by atoms with van der Waals surface area (Å²) in [6.45, 7) is 1.76. The Hall–Kier alpha value is -1.74. The zero-order valence-corrected chi connectivity index (χ0v) is 9.38. The van der Waals surface area contributed by atoms with Crippen LogP contribution in [0.15, 0.2) is 30.3 Å². The number of carbonyl (C=O) groups is 1. The monoisotopic (exact) mass is 235 g/mol. The molecule has 2 aromatic rings. The highest BCUT2D eigenvalue weighted by Crippen LogP contribution is 2.23. The van der Waals surface area contributed by atoms with Crippen molar-refractivity contribution in [2.45, 2.75) is 6.92 Å². The number of rotatable bonds is 2. The Morgan fingerprint density at radius 2 is 1.94 bits per heavy atom. The number of hydrogen-bond donors (Lipinski definition) is 2. The fraction of sp³-hybridized carbons (Fsp3) is 0.0833. The van der Waals surface area contributed by atoms with Gasteiger partial charge in [-0.25, -0.2) is 4.79 Å². The Labute approximate surface area is 97.7 Å². The molecule has 3 nitrogen and oxygen atoms in total. The van der Waals surface area contributed by atoms with E-state index in [1.54, 1.807) is 19.1 Å². The summed E-state index contributed by atoms with van der Waals surface area (Å²) in [5.74, 6) is -0.947. The molecule has 0 spiro atoms. The number of aromatic nitrogens is 1. The van der Waals surface area contributed by atoms with Gasteiger partial charge in [-0.1, -0.05) is 23.7 Å². The van der Waals surface area contributed by atoms with Crippen molar-refractivity contribution >= 4 is 17.6 Å². The van der Waals surface area contributed by atoms with E-state index in [0.29, 0.717) is 5.02 Å². The standard InChI is InChI=1S/C12H10ClNO2/c1-7-6-10(14-11(7)12(15)16)8-2-4-9(13)5-3-8/h2-6,14H,1H3,(H,15,16). The first kappa shape index (κ1) is 10.8. The molecule has 0 fully saturated rings. The summed E-state index contributed by atoms with van der Waals surface area (Å²) in [4.78, 5) is 13.7. The fourth-order valence-corrected chi connectivity index (χ4v) is 1.69. The quantitative estimate of drug-likeness (QED) is 0.839. The molecular formula is C12H10ClNO2. The lowest BCUT2D eigenvalue weighted by Crippen LogP contribution is -1.98. The summed E-state index contributed by atoms with van der Waals surface area (Å²) in [7, 11) is 0. The van der Waals surface area contributed by atoms with Gasteiger partial charge in [-0.3, -0.25) is 0 Å². The third kappa shape index (κ3) is 1.95. The van der Waals surface area contributed by atoms with Crippen molar-refractivity contribution in [1.29, 1.82) is 0 Å². The summed E-state index contributed by atoms with van der Waals surface area (Å²) in [6, 6.07) is 9.05. The van der Waals surface area contributed by atoms with Crippen LogP contribution in [0.2, 0.25) is 5.02 Å². The number of halogens is 1. The van der Waals surface area contributed by atoms with Crippen molar-refractivity contribution in [1.82, 2.24) is 4.98 Å². The Morgan fingerprint density at radius 3 is 2.44 bits per heavy atom. The highest BCUT2D eigenvalue weighted by molar-refractivity contribution is 6.30. The van der Waals surface area contributed by atoms with Crippen LogP contribution in [-0.4, -0.2) is 16.1 Å². The number of carboxylic acids is 1. The lowest BCUT2D eigenvalue weighted by atomic mass is 10.1. The molecule has 0 aliphatic carbocycles. The van der Waals surface area contributed by atoms with Gasteiger partial charge in [-0.15, -0.1) is 0 Å². The first-order chi connectivity index (χ1) is 7.58. The molecule has 0 radical (unpaired) electrons. The predicted molar refractivity (Wildman–Crippen MR) is 62.9 cm³/mol. The van der Waals surface area contributed by atoms with E-state index >= 15 is 0 Å². The Morgan fingerprint density at radius 1 is 1.31 bits per heavy atom. The van der Waals surface area contributed by atoms with Gasteiger partial charge >= 0.3 is 5.97 Å². The van der Waals surface area contributed by atoms with E-state index in [1.165, 1.54) is 0 Å². The molecule has 0 aliphatic rings. The van der Waals surface area contributed by atoms with Gasteiger partial charge in [0.05, 0.1) is 0 Å². The summed E-state index contributed by atoms with van der Waals surface area (Å²) in [6.07, 6.45) is 0. The fourth-order valence-electron chi connectivity index (χ4n) is 1.57. The van der Waals surface area contributed by atoms with Crippen molar-refractivity contribution in [2.24, 2.45) is 0 Å². The number of aromatic carboxylic acids is 1. The largest absolute Gasteiger partial charge is 0.477 e. The van der Waals surface area contributed by atoms with Crippen molar-refractivity contribution < 1.29 is 9.90 Å². The molecule has 0 atom stereocenters. The summed E-state index contributed by atoms with van der Waals surface area (Å²) in [5, 5.41) is 9.58. The third-order valence-electron chi connectivity index (χ3n) is 2.38. The highest BCUT2D eigenvalue weighted by Gasteiger charge is 2.11. The van der Waals surface area contributed by atoms with Crippen LogP contribution in [0.25, 0.3) is 11.3 Å². The third-order valence-corrected chi connectivity index (χ3v) is 2.64. The van der Waals surface area contributed by atoms with E-state index in [4.69, 9.17) is 16.7 Å². The molecule has 0 amide bonds. The Kier molecular flexibility index (Phi) is 2.71. The van der Waals surface area contributed by atoms with E-state index in [1.807, 2.05) is 18.2 Å². The minimum Gasteiger partial charge on any atom is -0.477 e. The van der Waals surface area contributed by atoms with Gasteiger partial charge in [0.1, 0.15) is 5.69 Å². The number of carboxylic acid groups (broad SMARTS) is 1. The van der Waals surface area contributed by atoms with E-state index in [2.05, 4.69) is 4.98 Å². The Bertz CT molecular complexity index is 528. The normalized spacial score (nSPS) is 10.4. The maximum absolute atomic E-state index is 10.9. The summed E-state index contributed by atoms with van der Waals surface area (Å²) < 4.78 is 0. The number of aromatic amines is 1. The number of benzene rings is 1. The molecule has 0 aliphatic heterocycles. The molecular weight excluding hydrogens is 226 g/mol. The van der Waals surface area contributed by atoms with Crippen LogP contribution in [0.1, 0.15) is 16.1 Å². The van der Waals surface area contributed by atoms with Gasteiger partial charge in [0, 0.05) is 10.7 Å². The molecule has 1 aromatic carbocycles. The second-order valence-electron chi connectivity index (χ2n) is 3.55. The molecule has 82 valence electrons. The van der Waals surface area contributed by atoms with Crippen molar-refractivity contribution in [3.63, 3.8) is 0 Å². The van der Waals surface area contributed by atoms with Gasteiger partial charge in [0.2, 0.25) is 0 Å². The van der Waals surface area contributed by atoms with Crippen LogP contribution in [0.3, 0.4) is 0 Å². The van der Waals surface area contributed by atoms with Crippen LogP contribution >= 0.6 is 11.6 Å². The average Bonchev–Trinajstić information content (AvgIpc) is 2.61. The predicted octanol–water partition coefficient (Wildman–Crippen LogP) is 3.34. The molecule has 2 N–H and O–H groups in total. The van der Waals surface area contributed by atoms with Crippen molar-refractivity contribution in [3.05, 3.63) is 46.6 Å². The zero-order valence-electron chi connectivity index (χ0n) is 8.62. The minimum atomic E-state index is -0.947. The topological polar surface area (TPSA) is 53.1 Å². The van der Waals surface area contributed by atoms with Crippen LogP contribution in [0.4, 0.5) is 0 Å². The highest BCUT2D eigenvalue weighted by atomic mass is 35.5. The maximum atomic E-state index is 10.9. The molecule has 0 saturated carbocycles. The van der Waals surface area contributed by atoms with Crippen LogP contribution < -0.4 is 0 Å². The molecule has 0 unspecified atom stereocenters. The molecule has 0 saturated heterocycles. The lowest BCUT2D eigenvalue weighted by molar-refractivity contribution is 0.0690. The second-order valence-corrected chi connectivity index (χ2v) is 3.99. The van der Waals surface area contributed by atoms with Gasteiger partial charge < -0.3 is 10.1 Å². The van der Waals surface area contributed by atoms with Crippen LogP contribution in [-0.2, 0) is 0 Å². The van der Waals surface area contributed by atoms with Gasteiger partial charge in [-0.2, -0.15) is 0 Å². The Balaban J connectivity index is 2.45. The van der Waals surface area contributed by atoms with Crippen molar-refractivity contribution in [3.8, 4) is 11.3 Å². The molecule has 2 rings (SSSR count). The summed E-state index contributed by atoms with van der Waals surface area (Å²) >= 11 is 5.78. The maximum Gasteiger partial charge on any atom is 0.352 e. The molecule has 4 heteroatoms. The van der Waals surface area contributed by atoms with E-state index in [-0.39, 0.29) is 5.69 Å². The number of aryl methyl sites for hydroxylation is 1. The van der Waals surface area contributed by atoms with E-state index in [0.717, 1.165) is 16.8 Å². The number of nitrogens with one attached hydrogen (secondary N) is 1. The van der Waals surface area contributed by atoms with Gasteiger partial charge in [0.15, 0.2) is 0 Å². The number of hydrogen-bond acceptors (Lipinski definition) is 1. The average molecular weight is 236 g/mol. The molecule has 1 aromatic heterocycles. The first-order valence-corrected chi connectivity index (χ1v) is 5.14. The number of H-pyrrole nitrogens is 1. The van der Waals surface area contributed by atoms with Gasteiger partial charge in [-0.05, 0) is 36.2 Å². The molecule has 1 heterocycles. The van der Waals surface area contributed by atoms with Crippen molar-refractivity contribution in [2.75, 3.05) is 0 Å². The minimum absolute atomic E-state index is 0.227. The van der Waals surface area contributed by atoms with E-state index in [9.17, 15) is 4.79 Å². The second kappa shape index (κ2) is 4.02.